The van der Waals surface area contributed by atoms with Crippen molar-refractivity contribution < 1.29 is 22.5 Å². The Kier molecular flexibility index (Phi) is 7.44. The zero-order valence-corrected chi connectivity index (χ0v) is 13.5. The summed E-state index contributed by atoms with van der Waals surface area (Å²) in [4.78, 5) is 10.7. The van der Waals surface area contributed by atoms with Gasteiger partial charge in [-0.05, 0) is 18.4 Å². The van der Waals surface area contributed by atoms with Crippen LogP contribution in [0.4, 0.5) is 0 Å². The molecule has 1 unspecified atom stereocenters. The molecule has 0 bridgehead atoms. The molecule has 1 N–H and O–H groups in total. The van der Waals surface area contributed by atoms with Gasteiger partial charge in [0, 0.05) is 12.0 Å². The molecule has 0 radical (unpaired) electrons. The summed E-state index contributed by atoms with van der Waals surface area (Å²) in [5.41, 5.74) is 0.902. The topological polar surface area (TPSA) is 80.7 Å². The van der Waals surface area contributed by atoms with Crippen molar-refractivity contribution in [3.63, 3.8) is 0 Å². The van der Waals surface area contributed by atoms with E-state index in [2.05, 4.69) is 13.2 Å². The molecule has 0 saturated carbocycles. The lowest BCUT2D eigenvalue weighted by Crippen LogP contribution is -2.12. The summed E-state index contributed by atoms with van der Waals surface area (Å²) >= 11 is 0. The molecule has 1 aromatic rings. The first-order chi connectivity index (χ1) is 10.8. The predicted octanol–water partition coefficient (Wildman–Crippen LogP) is 3.23. The lowest BCUT2D eigenvalue weighted by atomic mass is 10.0. The van der Waals surface area contributed by atoms with Gasteiger partial charge in [-0.15, -0.1) is 0 Å². The van der Waals surface area contributed by atoms with Gasteiger partial charge in [0.25, 0.3) is 10.1 Å². The number of benzene rings is 1. The van der Waals surface area contributed by atoms with E-state index in [-0.39, 0.29) is 11.5 Å². The second-order valence-electron chi connectivity index (χ2n) is 4.83. The highest BCUT2D eigenvalue weighted by molar-refractivity contribution is 7.89. The Bertz CT molecular complexity index is 674. The first kappa shape index (κ1) is 18.9. The van der Waals surface area contributed by atoms with Gasteiger partial charge in [0.05, 0.1) is 11.5 Å². The number of hydrogen-bond acceptors (Lipinski definition) is 4. The van der Waals surface area contributed by atoms with Crippen LogP contribution in [0.15, 0.2) is 60.5 Å². The van der Waals surface area contributed by atoms with Gasteiger partial charge in [0.2, 0.25) is 0 Å². The van der Waals surface area contributed by atoms with Gasteiger partial charge in [-0.3, -0.25) is 4.55 Å². The van der Waals surface area contributed by atoms with Crippen molar-refractivity contribution in [3.05, 3.63) is 66.1 Å². The Morgan fingerprint density at radius 3 is 2.52 bits per heavy atom. The molecule has 0 aliphatic heterocycles. The smallest absolute Gasteiger partial charge is 0.330 e. The number of carbonyl (C=O) groups is 1. The molecule has 1 atom stereocenters. The van der Waals surface area contributed by atoms with Crippen molar-refractivity contribution in [2.45, 2.75) is 12.8 Å². The summed E-state index contributed by atoms with van der Waals surface area (Å²) in [5, 5.41) is 0. The molecular weight excluding hydrogens is 316 g/mol. The Morgan fingerprint density at radius 1 is 1.30 bits per heavy atom. The van der Waals surface area contributed by atoms with E-state index in [0.29, 0.717) is 12.8 Å². The molecule has 23 heavy (non-hydrogen) atoms. The SMILES string of the molecule is C=CC(=O)OCCCC(C=Cc1ccccc1)C(=C)S(=O)(=O)O. The van der Waals surface area contributed by atoms with Crippen molar-refractivity contribution in [1.29, 1.82) is 0 Å². The van der Waals surface area contributed by atoms with E-state index in [9.17, 15) is 17.8 Å². The third-order valence-corrected chi connectivity index (χ3v) is 4.10. The Hall–Kier alpha value is -2.18. The zero-order valence-electron chi connectivity index (χ0n) is 12.7. The lowest BCUT2D eigenvalue weighted by molar-refractivity contribution is -0.137. The number of ether oxygens (including phenoxy) is 1. The van der Waals surface area contributed by atoms with E-state index >= 15 is 0 Å². The normalized spacial score (nSPS) is 12.7. The summed E-state index contributed by atoms with van der Waals surface area (Å²) < 4.78 is 36.6. The highest BCUT2D eigenvalue weighted by Crippen LogP contribution is 2.23. The van der Waals surface area contributed by atoms with E-state index in [4.69, 9.17) is 4.74 Å². The second-order valence-corrected chi connectivity index (χ2v) is 6.31. The van der Waals surface area contributed by atoms with E-state index in [0.717, 1.165) is 11.6 Å². The van der Waals surface area contributed by atoms with Gasteiger partial charge in [-0.25, -0.2) is 4.79 Å². The first-order valence-electron chi connectivity index (χ1n) is 7.03. The number of carbonyl (C=O) groups excluding carboxylic acids is 1. The van der Waals surface area contributed by atoms with Gasteiger partial charge in [0.1, 0.15) is 0 Å². The highest BCUT2D eigenvalue weighted by Gasteiger charge is 2.20. The molecule has 0 saturated heterocycles. The van der Waals surface area contributed by atoms with E-state index < -0.39 is 22.0 Å². The van der Waals surface area contributed by atoms with Crippen molar-refractivity contribution in [2.75, 3.05) is 6.61 Å². The summed E-state index contributed by atoms with van der Waals surface area (Å²) in [5.74, 6) is -1.11. The minimum absolute atomic E-state index is 0.138. The first-order valence-corrected chi connectivity index (χ1v) is 8.47. The van der Waals surface area contributed by atoms with Crippen LogP contribution in [-0.2, 0) is 19.6 Å². The molecular formula is C17H20O5S. The van der Waals surface area contributed by atoms with Crippen LogP contribution in [0.2, 0.25) is 0 Å². The van der Waals surface area contributed by atoms with Crippen molar-refractivity contribution in [2.24, 2.45) is 5.92 Å². The molecule has 0 spiro atoms. The van der Waals surface area contributed by atoms with Crippen molar-refractivity contribution in [3.8, 4) is 0 Å². The molecule has 0 aromatic heterocycles. The van der Waals surface area contributed by atoms with Crippen molar-refractivity contribution >= 4 is 22.2 Å². The average Bonchev–Trinajstić information content (AvgIpc) is 2.53. The minimum Gasteiger partial charge on any atom is -0.463 e. The Morgan fingerprint density at radius 2 is 1.96 bits per heavy atom. The van der Waals surface area contributed by atoms with Crippen LogP contribution >= 0.6 is 0 Å². The van der Waals surface area contributed by atoms with E-state index in [1.54, 1.807) is 12.2 Å². The van der Waals surface area contributed by atoms with Crippen LogP contribution in [0, 0.1) is 5.92 Å². The zero-order chi connectivity index (χ0) is 17.3. The lowest BCUT2D eigenvalue weighted by Gasteiger charge is -2.13. The maximum absolute atomic E-state index is 11.3. The van der Waals surface area contributed by atoms with Crippen LogP contribution < -0.4 is 0 Å². The quantitative estimate of drug-likeness (QED) is 0.324. The highest BCUT2D eigenvalue weighted by atomic mass is 32.2. The maximum atomic E-state index is 11.3. The number of esters is 1. The largest absolute Gasteiger partial charge is 0.463 e. The van der Waals surface area contributed by atoms with Crippen LogP contribution in [0.25, 0.3) is 6.08 Å². The van der Waals surface area contributed by atoms with Crippen LogP contribution in [-0.4, -0.2) is 25.5 Å². The standard InChI is InChI=1S/C17H20O5S/c1-3-17(18)22-13-7-10-16(14(2)23(19,20)21)12-11-15-8-5-4-6-9-15/h3-6,8-9,11-12,16H,1-2,7,10,13H2,(H,19,20,21). The van der Waals surface area contributed by atoms with Crippen molar-refractivity contribution in [1.82, 2.24) is 0 Å². The molecule has 0 amide bonds. The molecule has 6 heteroatoms. The third-order valence-electron chi connectivity index (χ3n) is 3.14. The second kappa shape index (κ2) is 9.07. The molecule has 124 valence electrons. The molecule has 0 fully saturated rings. The van der Waals surface area contributed by atoms with Gasteiger partial charge >= 0.3 is 5.97 Å². The third kappa shape index (κ3) is 7.08. The Balaban J connectivity index is 2.74. The fraction of sp³-hybridized carbons (Fsp3) is 0.235. The Labute approximate surface area is 136 Å². The summed E-state index contributed by atoms with van der Waals surface area (Å²) in [7, 11) is -4.33. The monoisotopic (exact) mass is 336 g/mol. The van der Waals surface area contributed by atoms with Gasteiger partial charge in [0.15, 0.2) is 0 Å². The summed E-state index contributed by atoms with van der Waals surface area (Å²) in [6.45, 7) is 6.88. The molecule has 1 aromatic carbocycles. The molecule has 0 aliphatic carbocycles. The van der Waals surface area contributed by atoms with Gasteiger partial charge < -0.3 is 4.74 Å². The van der Waals surface area contributed by atoms with Gasteiger partial charge in [-0.2, -0.15) is 8.42 Å². The van der Waals surface area contributed by atoms with Crippen LogP contribution in [0.3, 0.4) is 0 Å². The number of allylic oxidation sites excluding steroid dienone is 2. The summed E-state index contributed by atoms with van der Waals surface area (Å²) in [6.07, 6.45) is 5.28. The van der Waals surface area contributed by atoms with Crippen LogP contribution in [0.1, 0.15) is 18.4 Å². The van der Waals surface area contributed by atoms with E-state index in [1.807, 2.05) is 30.3 Å². The number of rotatable bonds is 9. The molecule has 1 rings (SSSR count). The van der Waals surface area contributed by atoms with E-state index in [1.165, 1.54) is 0 Å². The fourth-order valence-electron chi connectivity index (χ4n) is 1.88. The number of hydrogen-bond donors (Lipinski definition) is 1. The fourth-order valence-corrected chi connectivity index (χ4v) is 2.46. The van der Waals surface area contributed by atoms with Crippen LogP contribution in [0.5, 0.6) is 0 Å². The summed E-state index contributed by atoms with van der Waals surface area (Å²) in [6, 6.07) is 9.34. The minimum atomic E-state index is -4.33. The van der Waals surface area contributed by atoms with Gasteiger partial charge in [-0.1, -0.05) is 55.6 Å². The predicted molar refractivity (Wildman–Crippen MR) is 90.0 cm³/mol. The average molecular weight is 336 g/mol. The molecule has 5 nitrogen and oxygen atoms in total. The maximum Gasteiger partial charge on any atom is 0.330 e. The molecule has 0 aliphatic rings. The molecule has 0 heterocycles.